The summed E-state index contributed by atoms with van der Waals surface area (Å²) < 4.78 is 32.6. The Hall–Kier alpha value is -4.42. The van der Waals surface area contributed by atoms with E-state index in [0.717, 1.165) is 48.7 Å². The fourth-order valence-corrected chi connectivity index (χ4v) is 4.72. The number of aliphatic hydroxyl groups excluding tert-OH is 1. The lowest BCUT2D eigenvalue weighted by atomic mass is 10.0. The number of aromatic hydroxyl groups is 1. The number of anilines is 1. The number of hydrogen-bond donors (Lipinski definition) is 6. The van der Waals surface area contributed by atoms with Gasteiger partial charge in [-0.2, -0.15) is 0 Å². The van der Waals surface area contributed by atoms with Crippen molar-refractivity contribution in [1.82, 2.24) is 15.5 Å². The molecule has 0 aliphatic carbocycles. The monoisotopic (exact) mass is 598 g/mol. The Balaban J connectivity index is 1.10. The summed E-state index contributed by atoms with van der Waals surface area (Å²) in [5.74, 6) is -2.48. The molecule has 1 fully saturated rings. The number of carbonyl (C=O) groups is 2. The lowest BCUT2D eigenvalue weighted by Gasteiger charge is -2.33. The van der Waals surface area contributed by atoms with Crippen LogP contribution >= 0.6 is 0 Å². The number of carboxylic acid groups (broad SMARTS) is 1. The number of aromatic carboxylic acids is 1. The number of nitrogens with zero attached hydrogens (tertiary/aromatic N) is 1. The van der Waals surface area contributed by atoms with Crippen LogP contribution in [-0.4, -0.2) is 77.2 Å². The zero-order valence-corrected chi connectivity index (χ0v) is 23.6. The van der Waals surface area contributed by atoms with Crippen LogP contribution in [0.15, 0.2) is 60.7 Å². The molecule has 1 unspecified atom stereocenters. The number of carboxylic acids is 1. The number of aliphatic hydroxyl groups is 1. The number of benzene rings is 3. The number of ether oxygens (including phenoxy) is 1. The third kappa shape index (κ3) is 9.55. The Morgan fingerprint density at radius 3 is 2.49 bits per heavy atom. The molecule has 4 rings (SSSR count). The predicted molar refractivity (Wildman–Crippen MR) is 156 cm³/mol. The van der Waals surface area contributed by atoms with Gasteiger partial charge in [0, 0.05) is 43.5 Å². The Labute approximate surface area is 248 Å². The zero-order valence-electron chi connectivity index (χ0n) is 23.6. The van der Waals surface area contributed by atoms with Gasteiger partial charge in [0.2, 0.25) is 0 Å². The molecular formula is C31H36F2N4O6. The predicted octanol–water partition coefficient (Wildman–Crippen LogP) is 3.73. The van der Waals surface area contributed by atoms with E-state index in [9.17, 15) is 28.6 Å². The van der Waals surface area contributed by atoms with Gasteiger partial charge in [-0.3, -0.25) is 0 Å². The van der Waals surface area contributed by atoms with Crippen molar-refractivity contribution in [2.45, 2.75) is 38.0 Å². The van der Waals surface area contributed by atoms with E-state index in [1.54, 1.807) is 4.90 Å². The maximum Gasteiger partial charge on any atom is 0.339 e. The minimum Gasteiger partial charge on any atom is -0.507 e. The number of urea groups is 1. The number of amides is 2. The number of likely N-dealkylation sites (tertiary alicyclic amines) is 1. The first kappa shape index (κ1) is 31.5. The molecular weight excluding hydrogens is 562 g/mol. The summed E-state index contributed by atoms with van der Waals surface area (Å²) in [6.45, 7) is 1.92. The largest absolute Gasteiger partial charge is 0.507 e. The number of phenols is 1. The van der Waals surface area contributed by atoms with Crippen molar-refractivity contribution in [3.8, 4) is 11.5 Å². The third-order valence-corrected chi connectivity index (χ3v) is 7.16. The van der Waals surface area contributed by atoms with Gasteiger partial charge in [-0.05, 0) is 79.9 Å². The molecule has 3 aromatic carbocycles. The average molecular weight is 599 g/mol. The van der Waals surface area contributed by atoms with Gasteiger partial charge >= 0.3 is 12.0 Å². The molecule has 0 aromatic heterocycles. The highest BCUT2D eigenvalue weighted by Crippen LogP contribution is 2.23. The second-order valence-corrected chi connectivity index (χ2v) is 10.4. The van der Waals surface area contributed by atoms with Gasteiger partial charge in [0.15, 0.2) is 0 Å². The summed E-state index contributed by atoms with van der Waals surface area (Å²) in [5, 5.41) is 38.1. The van der Waals surface area contributed by atoms with Crippen LogP contribution in [-0.2, 0) is 13.0 Å². The first-order valence-corrected chi connectivity index (χ1v) is 14.1. The van der Waals surface area contributed by atoms with Crippen molar-refractivity contribution < 1.29 is 38.4 Å². The highest BCUT2D eigenvalue weighted by Gasteiger charge is 2.23. The second kappa shape index (κ2) is 15.2. The van der Waals surface area contributed by atoms with Crippen molar-refractivity contribution in [3.05, 3.63) is 89.0 Å². The van der Waals surface area contributed by atoms with Gasteiger partial charge in [0.1, 0.15) is 41.4 Å². The van der Waals surface area contributed by atoms with E-state index in [0.29, 0.717) is 26.2 Å². The van der Waals surface area contributed by atoms with E-state index in [1.165, 1.54) is 18.2 Å². The van der Waals surface area contributed by atoms with E-state index in [2.05, 4.69) is 16.0 Å². The zero-order chi connectivity index (χ0) is 30.8. The Bertz CT molecular complexity index is 1380. The highest BCUT2D eigenvalue weighted by molar-refractivity contribution is 5.91. The molecule has 1 atom stereocenters. The van der Waals surface area contributed by atoms with Crippen molar-refractivity contribution in [3.63, 3.8) is 0 Å². The van der Waals surface area contributed by atoms with Crippen LogP contribution in [0, 0.1) is 11.6 Å². The minimum absolute atomic E-state index is 0.0320. The van der Waals surface area contributed by atoms with Crippen molar-refractivity contribution in [1.29, 1.82) is 0 Å². The number of hydrogen-bond acceptors (Lipinski definition) is 7. The molecule has 0 saturated carbocycles. The first-order valence-electron chi connectivity index (χ1n) is 14.1. The van der Waals surface area contributed by atoms with E-state index in [-0.39, 0.29) is 47.9 Å². The summed E-state index contributed by atoms with van der Waals surface area (Å²) in [4.78, 5) is 25.3. The summed E-state index contributed by atoms with van der Waals surface area (Å²) in [7, 11) is 0. The summed E-state index contributed by atoms with van der Waals surface area (Å²) in [6, 6.07) is 15.0. The van der Waals surface area contributed by atoms with Gasteiger partial charge in [-0.25, -0.2) is 18.4 Å². The standard InChI is InChI=1S/C31H36F2N4O6/c32-22-3-7-28(33)21(15-22)17-35-31(42)37-13-10-24(11-14-37)36-23-4-1-20(2-5-23)9-12-34-18-25(38)19-43-26-6-8-29(39)27(16-26)30(40)41/h1-8,15-16,24-25,34,36,38-39H,9-14,17-19H2,(H,35,42)(H,40,41). The molecule has 0 bridgehead atoms. The number of nitrogens with one attached hydrogen (secondary N) is 3. The molecule has 1 saturated heterocycles. The van der Waals surface area contributed by atoms with Crippen LogP contribution in [0.1, 0.15) is 34.3 Å². The van der Waals surface area contributed by atoms with Gasteiger partial charge in [0.25, 0.3) is 0 Å². The quantitative estimate of drug-likeness (QED) is 0.164. The fourth-order valence-electron chi connectivity index (χ4n) is 4.72. The molecule has 230 valence electrons. The topological polar surface area (TPSA) is 143 Å². The minimum atomic E-state index is -1.27. The number of carbonyl (C=O) groups excluding carboxylic acids is 1. The molecule has 1 aliphatic heterocycles. The van der Waals surface area contributed by atoms with E-state index in [4.69, 9.17) is 9.84 Å². The van der Waals surface area contributed by atoms with Crippen LogP contribution in [0.4, 0.5) is 19.3 Å². The van der Waals surface area contributed by atoms with Gasteiger partial charge in [0.05, 0.1) is 0 Å². The number of halogens is 2. The van der Waals surface area contributed by atoms with Gasteiger partial charge in [-0.1, -0.05) is 12.1 Å². The van der Waals surface area contributed by atoms with Crippen molar-refractivity contribution in [2.75, 3.05) is 38.1 Å². The SMILES string of the molecule is O=C(O)c1cc(OCC(O)CNCCc2ccc(NC3CCN(C(=O)NCc4cc(F)ccc4F)CC3)cc2)ccc1O. The molecule has 1 heterocycles. The van der Waals surface area contributed by atoms with E-state index in [1.807, 2.05) is 24.3 Å². The maximum absolute atomic E-state index is 13.8. The summed E-state index contributed by atoms with van der Waals surface area (Å²) in [6.07, 6.45) is 1.46. The van der Waals surface area contributed by atoms with Crippen LogP contribution in [0.5, 0.6) is 11.5 Å². The maximum atomic E-state index is 13.8. The number of rotatable bonds is 13. The highest BCUT2D eigenvalue weighted by atomic mass is 19.1. The summed E-state index contributed by atoms with van der Waals surface area (Å²) >= 11 is 0. The molecule has 43 heavy (non-hydrogen) atoms. The summed E-state index contributed by atoms with van der Waals surface area (Å²) in [5.41, 5.74) is 1.94. The van der Waals surface area contributed by atoms with Gasteiger partial charge in [-0.15, -0.1) is 0 Å². The smallest absolute Gasteiger partial charge is 0.339 e. The Morgan fingerprint density at radius 1 is 1.02 bits per heavy atom. The van der Waals surface area contributed by atoms with E-state index >= 15 is 0 Å². The van der Waals surface area contributed by atoms with Crippen LogP contribution in [0.3, 0.4) is 0 Å². The normalized spacial score (nSPS) is 14.3. The Morgan fingerprint density at radius 2 is 1.77 bits per heavy atom. The molecule has 1 aliphatic rings. The molecule has 2 amide bonds. The fraction of sp³-hybridized carbons (Fsp3) is 0.355. The van der Waals surface area contributed by atoms with Gasteiger partial charge < -0.3 is 40.9 Å². The van der Waals surface area contributed by atoms with Crippen LogP contribution in [0.25, 0.3) is 0 Å². The first-order chi connectivity index (χ1) is 20.7. The average Bonchev–Trinajstić information content (AvgIpc) is 3.00. The molecule has 12 heteroatoms. The van der Waals surface area contributed by atoms with Crippen LogP contribution in [0.2, 0.25) is 0 Å². The van der Waals surface area contributed by atoms with Crippen LogP contribution < -0.4 is 20.7 Å². The number of piperidine rings is 1. The third-order valence-electron chi connectivity index (χ3n) is 7.16. The molecule has 0 radical (unpaired) electrons. The Kier molecular flexibility index (Phi) is 11.1. The molecule has 6 N–H and O–H groups in total. The lowest BCUT2D eigenvalue weighted by molar-refractivity contribution is 0.0692. The molecule has 3 aromatic rings. The lowest BCUT2D eigenvalue weighted by Crippen LogP contribution is -2.46. The van der Waals surface area contributed by atoms with Crippen molar-refractivity contribution in [2.24, 2.45) is 0 Å². The second-order valence-electron chi connectivity index (χ2n) is 10.4. The van der Waals surface area contributed by atoms with Crippen molar-refractivity contribution >= 4 is 17.7 Å². The van der Waals surface area contributed by atoms with E-state index < -0.39 is 23.7 Å². The molecule has 0 spiro atoms. The molecule has 10 nitrogen and oxygen atoms in total.